The molecule has 4 nitrogen and oxygen atoms in total. The molecule has 0 aliphatic heterocycles. The SMILES string of the molecule is CC(C)Cn1c(CCCCCNC(=O)c2ccc(F)cc2)nc2ccccc21. The summed E-state index contributed by atoms with van der Waals surface area (Å²) in [5.41, 5.74) is 2.76. The Kier molecular flexibility index (Phi) is 6.80. The molecule has 0 saturated heterocycles. The average Bonchev–Trinajstić information content (AvgIpc) is 3.02. The maximum atomic E-state index is 12.9. The fourth-order valence-electron chi connectivity index (χ4n) is 3.38. The Morgan fingerprint density at radius 3 is 2.57 bits per heavy atom. The molecule has 1 N–H and O–H groups in total. The molecule has 3 aromatic rings. The van der Waals surface area contributed by atoms with Crippen molar-refractivity contribution in [3.05, 3.63) is 65.7 Å². The molecular formula is C23H28FN3O. The first-order valence-electron chi connectivity index (χ1n) is 10.0. The van der Waals surface area contributed by atoms with Crippen molar-refractivity contribution in [2.75, 3.05) is 6.54 Å². The highest BCUT2D eigenvalue weighted by molar-refractivity contribution is 5.94. The molecule has 0 spiro atoms. The van der Waals surface area contributed by atoms with Crippen LogP contribution in [0.5, 0.6) is 0 Å². The molecular weight excluding hydrogens is 353 g/mol. The summed E-state index contributed by atoms with van der Waals surface area (Å²) in [6.45, 7) is 6.05. The van der Waals surface area contributed by atoms with Crippen molar-refractivity contribution < 1.29 is 9.18 Å². The van der Waals surface area contributed by atoms with Crippen LogP contribution in [0.1, 0.15) is 49.3 Å². The molecule has 28 heavy (non-hydrogen) atoms. The van der Waals surface area contributed by atoms with Crippen molar-refractivity contribution in [3.8, 4) is 0 Å². The fraction of sp³-hybridized carbons (Fsp3) is 0.391. The summed E-state index contributed by atoms with van der Waals surface area (Å²) < 4.78 is 15.3. The Hall–Kier alpha value is -2.69. The molecule has 0 saturated carbocycles. The number of aromatic nitrogens is 2. The van der Waals surface area contributed by atoms with E-state index in [0.717, 1.165) is 43.6 Å². The molecule has 5 heteroatoms. The second-order valence-corrected chi connectivity index (χ2v) is 7.59. The minimum Gasteiger partial charge on any atom is -0.352 e. The van der Waals surface area contributed by atoms with Crippen molar-refractivity contribution in [2.24, 2.45) is 5.92 Å². The Balaban J connectivity index is 1.46. The smallest absolute Gasteiger partial charge is 0.251 e. The monoisotopic (exact) mass is 381 g/mol. The third-order valence-corrected chi connectivity index (χ3v) is 4.75. The van der Waals surface area contributed by atoms with Gasteiger partial charge in [-0.2, -0.15) is 0 Å². The van der Waals surface area contributed by atoms with E-state index in [2.05, 4.69) is 41.9 Å². The van der Waals surface area contributed by atoms with E-state index >= 15 is 0 Å². The lowest BCUT2D eigenvalue weighted by atomic mass is 10.1. The van der Waals surface area contributed by atoms with Gasteiger partial charge in [0, 0.05) is 25.1 Å². The minimum absolute atomic E-state index is 0.154. The molecule has 0 aliphatic rings. The Bertz CT molecular complexity index is 915. The number of hydrogen-bond donors (Lipinski definition) is 1. The van der Waals surface area contributed by atoms with Crippen molar-refractivity contribution in [3.63, 3.8) is 0 Å². The molecule has 0 aliphatic carbocycles. The number of rotatable bonds is 9. The first-order valence-corrected chi connectivity index (χ1v) is 10.0. The van der Waals surface area contributed by atoms with Gasteiger partial charge in [-0.25, -0.2) is 9.37 Å². The highest BCUT2D eigenvalue weighted by atomic mass is 19.1. The lowest BCUT2D eigenvalue weighted by Crippen LogP contribution is -2.24. The van der Waals surface area contributed by atoms with Gasteiger partial charge in [0.05, 0.1) is 11.0 Å². The number of unbranched alkanes of at least 4 members (excludes halogenated alkanes) is 2. The summed E-state index contributed by atoms with van der Waals surface area (Å²) in [4.78, 5) is 16.8. The van der Waals surface area contributed by atoms with Crippen LogP contribution in [-0.2, 0) is 13.0 Å². The highest BCUT2D eigenvalue weighted by Gasteiger charge is 2.11. The molecule has 3 rings (SSSR count). The summed E-state index contributed by atoms with van der Waals surface area (Å²) in [6, 6.07) is 13.9. The van der Waals surface area contributed by atoms with Gasteiger partial charge in [-0.1, -0.05) is 32.4 Å². The first kappa shape index (κ1) is 20.1. The summed E-state index contributed by atoms with van der Waals surface area (Å²) in [7, 11) is 0. The number of fused-ring (bicyclic) bond motifs is 1. The molecule has 0 bridgehead atoms. The molecule has 0 radical (unpaired) electrons. The van der Waals surface area contributed by atoms with Gasteiger partial charge in [0.15, 0.2) is 0 Å². The predicted molar refractivity (Wildman–Crippen MR) is 111 cm³/mol. The van der Waals surface area contributed by atoms with E-state index in [1.165, 1.54) is 29.8 Å². The Labute approximate surface area is 165 Å². The Morgan fingerprint density at radius 2 is 1.82 bits per heavy atom. The van der Waals surface area contributed by atoms with Crippen molar-refractivity contribution >= 4 is 16.9 Å². The molecule has 1 heterocycles. The number of nitrogens with zero attached hydrogens (tertiary/aromatic N) is 2. The van der Waals surface area contributed by atoms with Gasteiger partial charge in [-0.15, -0.1) is 0 Å². The molecule has 1 aromatic heterocycles. The summed E-state index contributed by atoms with van der Waals surface area (Å²) in [5, 5.41) is 2.89. The van der Waals surface area contributed by atoms with Crippen LogP contribution in [0.2, 0.25) is 0 Å². The van der Waals surface area contributed by atoms with E-state index in [0.29, 0.717) is 18.0 Å². The topological polar surface area (TPSA) is 46.9 Å². The second-order valence-electron chi connectivity index (χ2n) is 7.59. The van der Waals surface area contributed by atoms with Crippen LogP contribution in [0.3, 0.4) is 0 Å². The van der Waals surface area contributed by atoms with E-state index < -0.39 is 0 Å². The molecule has 1 amide bonds. The quantitative estimate of drug-likeness (QED) is 0.532. The Morgan fingerprint density at radius 1 is 1.07 bits per heavy atom. The van der Waals surface area contributed by atoms with Crippen LogP contribution in [-0.4, -0.2) is 22.0 Å². The summed E-state index contributed by atoms with van der Waals surface area (Å²) >= 11 is 0. The lowest BCUT2D eigenvalue weighted by molar-refractivity contribution is 0.0953. The van der Waals surface area contributed by atoms with Crippen molar-refractivity contribution in [2.45, 2.75) is 46.1 Å². The number of carbonyl (C=O) groups excluding carboxylic acids is 1. The van der Waals surface area contributed by atoms with Crippen LogP contribution >= 0.6 is 0 Å². The van der Waals surface area contributed by atoms with E-state index in [-0.39, 0.29) is 11.7 Å². The fourth-order valence-corrected chi connectivity index (χ4v) is 3.38. The van der Waals surface area contributed by atoms with E-state index in [1.807, 2.05) is 6.07 Å². The van der Waals surface area contributed by atoms with Gasteiger partial charge in [-0.3, -0.25) is 4.79 Å². The molecule has 0 fully saturated rings. The van der Waals surface area contributed by atoms with E-state index in [4.69, 9.17) is 4.98 Å². The number of nitrogens with one attached hydrogen (secondary N) is 1. The predicted octanol–water partition coefficient (Wildman–Crippen LogP) is 4.97. The zero-order chi connectivity index (χ0) is 19.9. The summed E-state index contributed by atoms with van der Waals surface area (Å²) in [5.74, 6) is 1.22. The van der Waals surface area contributed by atoms with Gasteiger partial charge in [0.1, 0.15) is 11.6 Å². The maximum Gasteiger partial charge on any atom is 0.251 e. The maximum absolute atomic E-state index is 12.9. The normalized spacial score (nSPS) is 11.3. The number of carbonyl (C=O) groups is 1. The number of amides is 1. The number of benzene rings is 2. The number of imidazole rings is 1. The van der Waals surface area contributed by atoms with Gasteiger partial charge in [0.2, 0.25) is 0 Å². The van der Waals surface area contributed by atoms with Gasteiger partial charge >= 0.3 is 0 Å². The molecule has 0 unspecified atom stereocenters. The third kappa shape index (κ3) is 5.18. The standard InChI is InChI=1S/C23H28FN3O/c1-17(2)16-27-21-9-6-5-8-20(21)26-22(27)10-4-3-7-15-25-23(28)18-11-13-19(24)14-12-18/h5-6,8-9,11-14,17H,3-4,7,10,15-16H2,1-2H3,(H,25,28). The van der Waals surface area contributed by atoms with E-state index in [1.54, 1.807) is 0 Å². The van der Waals surface area contributed by atoms with Gasteiger partial charge < -0.3 is 9.88 Å². The van der Waals surface area contributed by atoms with Crippen LogP contribution in [0.4, 0.5) is 4.39 Å². The minimum atomic E-state index is -0.333. The van der Waals surface area contributed by atoms with Crippen LogP contribution in [0, 0.1) is 11.7 Å². The van der Waals surface area contributed by atoms with Crippen LogP contribution in [0.25, 0.3) is 11.0 Å². The highest BCUT2D eigenvalue weighted by Crippen LogP contribution is 2.19. The number of aryl methyl sites for hydroxylation is 1. The lowest BCUT2D eigenvalue weighted by Gasteiger charge is -2.12. The largest absolute Gasteiger partial charge is 0.352 e. The van der Waals surface area contributed by atoms with Gasteiger partial charge in [-0.05, 0) is 55.2 Å². The third-order valence-electron chi connectivity index (χ3n) is 4.75. The number of halogens is 1. The van der Waals surface area contributed by atoms with Crippen LogP contribution in [0.15, 0.2) is 48.5 Å². The van der Waals surface area contributed by atoms with Crippen molar-refractivity contribution in [1.29, 1.82) is 0 Å². The molecule has 2 aromatic carbocycles. The molecule has 0 atom stereocenters. The zero-order valence-electron chi connectivity index (χ0n) is 16.6. The summed E-state index contributed by atoms with van der Waals surface area (Å²) in [6.07, 6.45) is 3.91. The number of para-hydroxylation sites is 2. The second kappa shape index (κ2) is 9.49. The number of hydrogen-bond acceptors (Lipinski definition) is 2. The first-order chi connectivity index (χ1) is 13.5. The van der Waals surface area contributed by atoms with Gasteiger partial charge in [0.25, 0.3) is 5.91 Å². The average molecular weight is 381 g/mol. The van der Waals surface area contributed by atoms with Crippen molar-refractivity contribution in [1.82, 2.24) is 14.9 Å². The van der Waals surface area contributed by atoms with E-state index in [9.17, 15) is 9.18 Å². The molecule has 148 valence electrons. The van der Waals surface area contributed by atoms with Crippen LogP contribution < -0.4 is 5.32 Å². The zero-order valence-corrected chi connectivity index (χ0v) is 16.6.